The summed E-state index contributed by atoms with van der Waals surface area (Å²) in [6, 6.07) is 12.1. The minimum atomic E-state index is -0.622. The molecule has 7 heteroatoms. The zero-order valence-electron chi connectivity index (χ0n) is 13.8. The van der Waals surface area contributed by atoms with Gasteiger partial charge in [-0.25, -0.2) is 4.79 Å². The molecule has 6 nitrogen and oxygen atoms in total. The van der Waals surface area contributed by atoms with E-state index in [0.717, 1.165) is 15.7 Å². The average Bonchev–Trinajstić information content (AvgIpc) is 2.64. The van der Waals surface area contributed by atoms with Crippen molar-refractivity contribution in [2.75, 3.05) is 18.5 Å². The van der Waals surface area contributed by atoms with Crippen LogP contribution in [0.4, 0.5) is 5.69 Å². The lowest BCUT2D eigenvalue weighted by molar-refractivity contribution is -0.144. The Morgan fingerprint density at radius 3 is 2.73 bits per heavy atom. The normalized spacial score (nSPS) is 12.7. The number of fused-ring (bicyclic) bond motifs is 1. The van der Waals surface area contributed by atoms with Gasteiger partial charge in [-0.2, -0.15) is 0 Å². The van der Waals surface area contributed by atoms with Crippen LogP contribution in [0.3, 0.4) is 0 Å². The van der Waals surface area contributed by atoms with Gasteiger partial charge >= 0.3 is 5.97 Å². The van der Waals surface area contributed by atoms with Crippen molar-refractivity contribution in [1.29, 1.82) is 0 Å². The fraction of sp³-hybridized carbons (Fsp3) is 0.211. The summed E-state index contributed by atoms with van der Waals surface area (Å²) < 4.78 is 11.1. The largest absolute Gasteiger partial charge is 0.482 e. The molecule has 0 aromatic heterocycles. The third kappa shape index (κ3) is 4.70. The molecular formula is C19H16BrNO5. The fourth-order valence-electron chi connectivity index (χ4n) is 2.53. The number of esters is 1. The van der Waals surface area contributed by atoms with Crippen molar-refractivity contribution in [1.82, 2.24) is 0 Å². The number of halogens is 1. The lowest BCUT2D eigenvalue weighted by Crippen LogP contribution is -2.21. The molecule has 0 bridgehead atoms. The van der Waals surface area contributed by atoms with Crippen LogP contribution in [0.1, 0.15) is 22.3 Å². The number of Topliss-reactive ketones (excluding diaryl/α,β-unsaturated/α-hetero) is 1. The first-order chi connectivity index (χ1) is 12.5. The van der Waals surface area contributed by atoms with Gasteiger partial charge in [0.15, 0.2) is 19.0 Å². The van der Waals surface area contributed by atoms with Crippen molar-refractivity contribution in [2.45, 2.75) is 12.8 Å². The molecule has 0 radical (unpaired) electrons. The Labute approximate surface area is 158 Å². The van der Waals surface area contributed by atoms with Gasteiger partial charge in [-0.05, 0) is 48.4 Å². The van der Waals surface area contributed by atoms with E-state index in [2.05, 4.69) is 21.2 Å². The number of anilines is 1. The summed E-state index contributed by atoms with van der Waals surface area (Å²) in [6.45, 7) is -0.633. The van der Waals surface area contributed by atoms with Crippen LogP contribution < -0.4 is 10.1 Å². The molecule has 1 aliphatic heterocycles. The summed E-state index contributed by atoms with van der Waals surface area (Å²) in [5.74, 6) is -0.431. The number of rotatable bonds is 6. The Bertz CT molecular complexity index is 865. The van der Waals surface area contributed by atoms with Gasteiger partial charge in [-0.1, -0.05) is 22.0 Å². The van der Waals surface area contributed by atoms with E-state index in [1.165, 1.54) is 0 Å². The summed E-state index contributed by atoms with van der Waals surface area (Å²) in [5.41, 5.74) is 2.07. The summed E-state index contributed by atoms with van der Waals surface area (Å²) in [6.07, 6.45) is 0.981. The van der Waals surface area contributed by atoms with E-state index in [0.29, 0.717) is 24.2 Å². The van der Waals surface area contributed by atoms with Crippen LogP contribution in [-0.4, -0.2) is 30.9 Å². The van der Waals surface area contributed by atoms with Crippen molar-refractivity contribution >= 4 is 39.3 Å². The van der Waals surface area contributed by atoms with Crippen molar-refractivity contribution in [3.8, 4) is 5.75 Å². The second-order valence-electron chi connectivity index (χ2n) is 5.75. The van der Waals surface area contributed by atoms with Crippen LogP contribution in [0.5, 0.6) is 5.75 Å². The third-order valence-electron chi connectivity index (χ3n) is 3.84. The molecule has 0 saturated heterocycles. The smallest absolute Gasteiger partial charge is 0.344 e. The predicted octanol–water partition coefficient (Wildman–Crippen LogP) is 3.14. The topological polar surface area (TPSA) is 81.7 Å². The minimum absolute atomic E-state index is 0.0315. The first-order valence-corrected chi connectivity index (χ1v) is 8.80. The molecule has 0 atom stereocenters. The second kappa shape index (κ2) is 8.14. The molecule has 2 aromatic carbocycles. The van der Waals surface area contributed by atoms with Gasteiger partial charge in [0.1, 0.15) is 5.75 Å². The molecule has 134 valence electrons. The molecule has 0 saturated carbocycles. The highest BCUT2D eigenvalue weighted by atomic mass is 79.9. The zero-order valence-corrected chi connectivity index (χ0v) is 15.4. The van der Waals surface area contributed by atoms with Crippen LogP contribution in [0.25, 0.3) is 0 Å². The maximum atomic E-state index is 12.2. The predicted molar refractivity (Wildman–Crippen MR) is 98.3 cm³/mol. The van der Waals surface area contributed by atoms with E-state index in [4.69, 9.17) is 9.47 Å². The highest BCUT2D eigenvalue weighted by Crippen LogP contribution is 2.23. The van der Waals surface area contributed by atoms with Crippen LogP contribution in [0, 0.1) is 0 Å². The van der Waals surface area contributed by atoms with Gasteiger partial charge in [0.2, 0.25) is 5.91 Å². The highest BCUT2D eigenvalue weighted by molar-refractivity contribution is 9.10. The molecular weight excluding hydrogens is 402 g/mol. The zero-order chi connectivity index (χ0) is 18.5. The molecule has 3 rings (SSSR count). The molecule has 1 aliphatic rings. The summed E-state index contributed by atoms with van der Waals surface area (Å²) in [5, 5.41) is 2.76. The number of hydrogen-bond donors (Lipinski definition) is 1. The number of aryl methyl sites for hydroxylation is 1. The Hall–Kier alpha value is -2.67. The van der Waals surface area contributed by atoms with Crippen LogP contribution in [0.2, 0.25) is 0 Å². The molecule has 26 heavy (non-hydrogen) atoms. The Morgan fingerprint density at radius 2 is 1.92 bits per heavy atom. The van der Waals surface area contributed by atoms with Gasteiger partial charge in [0, 0.05) is 22.1 Å². The molecule has 0 fully saturated rings. The SMILES string of the molecule is O=C1CCc2cc(C(=O)COC(=O)COc3cccc(Br)c3)ccc2N1. The van der Waals surface area contributed by atoms with Gasteiger partial charge in [-0.3, -0.25) is 9.59 Å². The van der Waals surface area contributed by atoms with E-state index < -0.39 is 5.97 Å². The van der Waals surface area contributed by atoms with Crippen LogP contribution in [0.15, 0.2) is 46.9 Å². The molecule has 1 heterocycles. The number of carbonyl (C=O) groups excluding carboxylic acids is 3. The number of ketones is 1. The number of carbonyl (C=O) groups is 3. The molecule has 0 aliphatic carbocycles. The minimum Gasteiger partial charge on any atom is -0.482 e. The molecule has 1 N–H and O–H groups in total. The summed E-state index contributed by atoms with van der Waals surface area (Å²) in [7, 11) is 0. The third-order valence-corrected chi connectivity index (χ3v) is 4.33. The van der Waals surface area contributed by atoms with Gasteiger partial charge < -0.3 is 14.8 Å². The molecule has 0 spiro atoms. The van der Waals surface area contributed by atoms with Gasteiger partial charge in [0.05, 0.1) is 0 Å². The maximum absolute atomic E-state index is 12.2. The number of ether oxygens (including phenoxy) is 2. The van der Waals surface area contributed by atoms with Crippen LogP contribution >= 0.6 is 15.9 Å². The van der Waals surface area contributed by atoms with Crippen molar-refractivity contribution in [3.63, 3.8) is 0 Å². The molecule has 0 unspecified atom stereocenters. The summed E-state index contributed by atoms with van der Waals surface area (Å²) >= 11 is 3.31. The van der Waals surface area contributed by atoms with E-state index in [1.807, 2.05) is 6.07 Å². The first-order valence-electron chi connectivity index (χ1n) is 8.01. The molecule has 1 amide bonds. The Morgan fingerprint density at radius 1 is 1.08 bits per heavy atom. The molecule has 2 aromatic rings. The van der Waals surface area contributed by atoms with Crippen molar-refractivity contribution in [2.24, 2.45) is 0 Å². The second-order valence-corrected chi connectivity index (χ2v) is 6.67. The van der Waals surface area contributed by atoms with Crippen LogP contribution in [-0.2, 0) is 20.7 Å². The number of amides is 1. The highest BCUT2D eigenvalue weighted by Gasteiger charge is 2.17. The lowest BCUT2D eigenvalue weighted by atomic mass is 9.99. The van der Waals surface area contributed by atoms with Gasteiger partial charge in [0.25, 0.3) is 0 Å². The van der Waals surface area contributed by atoms with Crippen molar-refractivity contribution in [3.05, 3.63) is 58.1 Å². The lowest BCUT2D eigenvalue weighted by Gasteiger charge is -2.17. The van der Waals surface area contributed by atoms with E-state index in [-0.39, 0.29) is 24.9 Å². The fourth-order valence-corrected chi connectivity index (χ4v) is 2.91. The maximum Gasteiger partial charge on any atom is 0.344 e. The number of hydrogen-bond acceptors (Lipinski definition) is 5. The Kier molecular flexibility index (Phi) is 5.68. The van der Waals surface area contributed by atoms with E-state index in [1.54, 1.807) is 36.4 Å². The van der Waals surface area contributed by atoms with E-state index in [9.17, 15) is 14.4 Å². The number of benzene rings is 2. The Balaban J connectivity index is 1.50. The van der Waals surface area contributed by atoms with Crippen molar-refractivity contribution < 1.29 is 23.9 Å². The first kappa shape index (κ1) is 18.1. The summed E-state index contributed by atoms with van der Waals surface area (Å²) in [4.78, 5) is 35.3. The van der Waals surface area contributed by atoms with Gasteiger partial charge in [-0.15, -0.1) is 0 Å². The monoisotopic (exact) mass is 417 g/mol. The number of nitrogens with one attached hydrogen (secondary N) is 1. The quantitative estimate of drug-likeness (QED) is 0.576. The standard InChI is InChI=1S/C19H16BrNO5/c20-14-2-1-3-15(9-14)25-11-19(24)26-10-17(22)13-4-6-16-12(8-13)5-7-18(23)21-16/h1-4,6,8-9H,5,7,10-11H2,(H,21,23). The average molecular weight is 418 g/mol. The van der Waals surface area contributed by atoms with E-state index >= 15 is 0 Å².